The normalized spacial score (nSPS) is 12.9. The molecule has 0 aliphatic heterocycles. The molecule has 0 heterocycles. The average molecular weight is 296 g/mol. The van der Waals surface area contributed by atoms with E-state index < -0.39 is 16.5 Å². The molecule has 0 saturated carbocycles. The predicted octanol–water partition coefficient (Wildman–Crippen LogP) is 4.86. The molecule has 2 aromatic rings. The summed E-state index contributed by atoms with van der Waals surface area (Å²) >= 11 is -0.292. The molecule has 5 heteroatoms. The minimum Gasteiger partial charge on any atom is -0.293 e. The second-order valence-electron chi connectivity index (χ2n) is 4.08. The van der Waals surface area contributed by atoms with Crippen molar-refractivity contribution in [2.45, 2.75) is 10.8 Å². The van der Waals surface area contributed by atoms with Gasteiger partial charge in [-0.3, -0.25) is 4.79 Å². The van der Waals surface area contributed by atoms with Crippen molar-refractivity contribution in [3.63, 3.8) is 0 Å². The van der Waals surface area contributed by atoms with Gasteiger partial charge in [0.1, 0.15) is 5.25 Å². The molecule has 0 aliphatic carbocycles. The summed E-state index contributed by atoms with van der Waals surface area (Å²) in [6.45, 7) is 0. The van der Waals surface area contributed by atoms with Crippen molar-refractivity contribution in [3.8, 4) is 0 Å². The van der Waals surface area contributed by atoms with E-state index in [1.165, 1.54) is 24.3 Å². The number of halogens is 3. The molecule has 0 aliphatic rings. The van der Waals surface area contributed by atoms with Gasteiger partial charge in [-0.2, -0.15) is 13.2 Å². The van der Waals surface area contributed by atoms with Crippen LogP contribution in [0.15, 0.2) is 60.7 Å². The van der Waals surface area contributed by atoms with E-state index in [1.54, 1.807) is 36.4 Å². The first-order valence-corrected chi connectivity index (χ1v) is 6.74. The highest BCUT2D eigenvalue weighted by Gasteiger charge is 2.37. The lowest BCUT2D eigenvalue weighted by molar-refractivity contribution is -0.0333. The van der Waals surface area contributed by atoms with Crippen molar-refractivity contribution in [2.75, 3.05) is 0 Å². The molecule has 1 atom stereocenters. The van der Waals surface area contributed by atoms with Crippen molar-refractivity contribution in [1.29, 1.82) is 0 Å². The Bertz CT molecular complexity index is 567. The van der Waals surface area contributed by atoms with Gasteiger partial charge in [-0.05, 0) is 17.3 Å². The Morgan fingerprint density at radius 2 is 1.40 bits per heavy atom. The molecule has 0 spiro atoms. The minimum atomic E-state index is -4.47. The van der Waals surface area contributed by atoms with Gasteiger partial charge < -0.3 is 0 Å². The fourth-order valence-corrected chi connectivity index (χ4v) is 2.59. The van der Waals surface area contributed by atoms with E-state index in [-0.39, 0.29) is 17.3 Å². The van der Waals surface area contributed by atoms with E-state index in [4.69, 9.17) is 0 Å². The summed E-state index contributed by atoms with van der Waals surface area (Å²) in [5.74, 6) is -0.542. The van der Waals surface area contributed by atoms with Crippen LogP contribution in [0, 0.1) is 0 Å². The van der Waals surface area contributed by atoms with Gasteiger partial charge in [0.05, 0.1) is 0 Å². The van der Waals surface area contributed by atoms with Gasteiger partial charge >= 0.3 is 5.51 Å². The topological polar surface area (TPSA) is 17.1 Å². The number of carbonyl (C=O) groups is 1. The number of benzene rings is 2. The van der Waals surface area contributed by atoms with E-state index in [1.807, 2.05) is 0 Å². The smallest absolute Gasteiger partial charge is 0.293 e. The van der Waals surface area contributed by atoms with Crippen LogP contribution in [0.5, 0.6) is 0 Å². The van der Waals surface area contributed by atoms with Crippen LogP contribution in [0.4, 0.5) is 13.2 Å². The highest BCUT2D eigenvalue weighted by atomic mass is 32.2. The molecular weight excluding hydrogens is 285 g/mol. The molecular formula is C15H11F3OS. The van der Waals surface area contributed by atoms with E-state index in [0.717, 1.165) is 0 Å². The summed E-state index contributed by atoms with van der Waals surface area (Å²) in [6, 6.07) is 16.0. The third-order valence-corrected chi connectivity index (χ3v) is 3.64. The zero-order valence-electron chi connectivity index (χ0n) is 10.3. The summed E-state index contributed by atoms with van der Waals surface area (Å²) in [5, 5.41) is -1.28. The molecule has 104 valence electrons. The SMILES string of the molecule is O=C(c1ccccc1)C(SC(F)(F)F)c1ccccc1. The Morgan fingerprint density at radius 1 is 0.900 bits per heavy atom. The van der Waals surface area contributed by atoms with Gasteiger partial charge in [0, 0.05) is 5.56 Å². The van der Waals surface area contributed by atoms with Gasteiger partial charge in [0.2, 0.25) is 0 Å². The van der Waals surface area contributed by atoms with Crippen LogP contribution in [0.25, 0.3) is 0 Å². The number of hydrogen-bond donors (Lipinski definition) is 0. The lowest BCUT2D eigenvalue weighted by Crippen LogP contribution is -2.15. The van der Waals surface area contributed by atoms with Gasteiger partial charge in [0.15, 0.2) is 5.78 Å². The number of carbonyl (C=O) groups excluding carboxylic acids is 1. The van der Waals surface area contributed by atoms with Crippen LogP contribution < -0.4 is 0 Å². The average Bonchev–Trinajstić information content (AvgIpc) is 2.45. The first-order valence-electron chi connectivity index (χ1n) is 5.86. The summed E-state index contributed by atoms with van der Waals surface area (Å²) in [4.78, 5) is 12.3. The van der Waals surface area contributed by atoms with E-state index in [0.29, 0.717) is 5.56 Å². The maximum atomic E-state index is 12.7. The zero-order chi connectivity index (χ0) is 14.6. The number of Topliss-reactive ketones (excluding diaryl/α,β-unsaturated/α-hetero) is 1. The molecule has 0 radical (unpaired) electrons. The molecule has 1 unspecified atom stereocenters. The summed E-state index contributed by atoms with van der Waals surface area (Å²) in [7, 11) is 0. The van der Waals surface area contributed by atoms with Crippen LogP contribution in [0.2, 0.25) is 0 Å². The van der Waals surface area contributed by atoms with Gasteiger partial charge in [0.25, 0.3) is 0 Å². The first-order chi connectivity index (χ1) is 9.47. The van der Waals surface area contributed by atoms with Crippen molar-refractivity contribution in [1.82, 2.24) is 0 Å². The van der Waals surface area contributed by atoms with Gasteiger partial charge in [-0.15, -0.1) is 0 Å². The second kappa shape index (κ2) is 6.13. The number of hydrogen-bond acceptors (Lipinski definition) is 2. The number of alkyl halides is 3. The quantitative estimate of drug-likeness (QED) is 0.749. The van der Waals surface area contributed by atoms with Crippen LogP contribution in [-0.4, -0.2) is 11.3 Å². The monoisotopic (exact) mass is 296 g/mol. The van der Waals surface area contributed by atoms with Gasteiger partial charge in [-0.25, -0.2) is 0 Å². The van der Waals surface area contributed by atoms with Crippen molar-refractivity contribution < 1.29 is 18.0 Å². The van der Waals surface area contributed by atoms with Crippen LogP contribution in [0.3, 0.4) is 0 Å². The van der Waals surface area contributed by atoms with E-state index in [2.05, 4.69) is 0 Å². The fraction of sp³-hybridized carbons (Fsp3) is 0.133. The predicted molar refractivity (Wildman–Crippen MR) is 73.6 cm³/mol. The Kier molecular flexibility index (Phi) is 4.49. The summed E-state index contributed by atoms with van der Waals surface area (Å²) in [6.07, 6.45) is 0. The molecule has 1 nitrogen and oxygen atoms in total. The van der Waals surface area contributed by atoms with Crippen LogP contribution in [0.1, 0.15) is 21.2 Å². The molecule has 2 rings (SSSR count). The van der Waals surface area contributed by atoms with E-state index >= 15 is 0 Å². The largest absolute Gasteiger partial charge is 0.442 e. The fourth-order valence-electron chi connectivity index (χ4n) is 1.79. The lowest BCUT2D eigenvalue weighted by atomic mass is 10.0. The Morgan fingerprint density at radius 3 is 1.90 bits per heavy atom. The second-order valence-corrected chi connectivity index (χ2v) is 5.25. The van der Waals surface area contributed by atoms with Crippen LogP contribution in [-0.2, 0) is 0 Å². The minimum absolute atomic E-state index is 0.276. The Labute approximate surface area is 118 Å². The van der Waals surface area contributed by atoms with Crippen LogP contribution >= 0.6 is 11.8 Å². The third-order valence-electron chi connectivity index (χ3n) is 2.65. The van der Waals surface area contributed by atoms with Gasteiger partial charge in [-0.1, -0.05) is 60.7 Å². The number of ketones is 1. The molecule has 0 N–H and O–H groups in total. The molecule has 20 heavy (non-hydrogen) atoms. The molecule has 0 bridgehead atoms. The summed E-state index contributed by atoms with van der Waals surface area (Å²) in [5.41, 5.74) is -3.84. The molecule has 2 aromatic carbocycles. The van der Waals surface area contributed by atoms with E-state index in [9.17, 15) is 18.0 Å². The molecule has 0 fully saturated rings. The van der Waals surface area contributed by atoms with Crippen molar-refractivity contribution >= 4 is 17.5 Å². The highest BCUT2D eigenvalue weighted by Crippen LogP contribution is 2.43. The zero-order valence-corrected chi connectivity index (χ0v) is 11.1. The lowest BCUT2D eigenvalue weighted by Gasteiger charge is -2.17. The molecule has 0 amide bonds. The Balaban J connectivity index is 2.35. The maximum absolute atomic E-state index is 12.7. The standard InChI is InChI=1S/C15H11F3OS/c16-15(17,18)20-14(12-9-5-2-6-10-12)13(19)11-7-3-1-4-8-11/h1-10,14H. The number of rotatable bonds is 4. The van der Waals surface area contributed by atoms with Crippen molar-refractivity contribution in [3.05, 3.63) is 71.8 Å². The van der Waals surface area contributed by atoms with Crippen molar-refractivity contribution in [2.24, 2.45) is 0 Å². The number of thioether (sulfide) groups is 1. The Hall–Kier alpha value is -1.75. The molecule has 0 saturated heterocycles. The maximum Gasteiger partial charge on any atom is 0.442 e. The highest BCUT2D eigenvalue weighted by molar-refractivity contribution is 8.01. The third kappa shape index (κ3) is 3.87. The first kappa shape index (κ1) is 14.7. The molecule has 0 aromatic heterocycles. The summed E-state index contributed by atoms with van der Waals surface area (Å²) < 4.78 is 38.0.